The third-order valence-electron chi connectivity index (χ3n) is 2.97. The predicted octanol–water partition coefficient (Wildman–Crippen LogP) is 4.78. The molecule has 2 rings (SSSR count). The molecule has 0 spiro atoms. The van der Waals surface area contributed by atoms with Crippen molar-refractivity contribution in [3.63, 3.8) is 0 Å². The predicted molar refractivity (Wildman–Crippen MR) is 89.6 cm³/mol. The minimum absolute atomic E-state index is 0.223. The molecule has 0 saturated carbocycles. The van der Waals surface area contributed by atoms with Gasteiger partial charge in [-0.1, -0.05) is 30.3 Å². The van der Waals surface area contributed by atoms with E-state index >= 15 is 0 Å². The topological polar surface area (TPSA) is 46.2 Å². The van der Waals surface area contributed by atoms with Gasteiger partial charge in [0.1, 0.15) is 0 Å². The van der Waals surface area contributed by atoms with Crippen LogP contribution in [0.4, 0.5) is 18.9 Å². The lowest BCUT2D eigenvalue weighted by molar-refractivity contribution is -0.139. The molecule has 3 nitrogen and oxygen atoms in total. The number of halogens is 3. The van der Waals surface area contributed by atoms with Crippen LogP contribution in [-0.2, 0) is 16.2 Å². The highest BCUT2D eigenvalue weighted by Crippen LogP contribution is 2.35. The molecule has 0 aromatic heterocycles. The lowest BCUT2D eigenvalue weighted by Gasteiger charge is -2.15. The van der Waals surface area contributed by atoms with Crippen LogP contribution < -0.4 is 4.72 Å². The molecular weight excluding hydrogens is 359 g/mol. The first-order valence-electron chi connectivity index (χ1n) is 6.77. The third kappa shape index (κ3) is 4.33. The molecule has 24 heavy (non-hydrogen) atoms. The molecule has 0 fully saturated rings. The second-order valence-electron chi connectivity index (χ2n) is 4.70. The highest BCUT2D eigenvalue weighted by molar-refractivity contribution is 7.99. The van der Waals surface area contributed by atoms with Crippen molar-refractivity contribution in [2.24, 2.45) is 0 Å². The second kappa shape index (κ2) is 7.31. The maximum absolute atomic E-state index is 13.1. The number of rotatable bonds is 6. The van der Waals surface area contributed by atoms with Crippen LogP contribution in [-0.4, -0.2) is 14.2 Å². The maximum Gasteiger partial charge on any atom is 0.417 e. The molecule has 0 heterocycles. The van der Waals surface area contributed by atoms with Crippen molar-refractivity contribution in [1.29, 1.82) is 0 Å². The van der Waals surface area contributed by atoms with Crippen molar-refractivity contribution < 1.29 is 21.6 Å². The molecule has 0 radical (unpaired) electrons. The summed E-state index contributed by atoms with van der Waals surface area (Å²) >= 11 is 1.33. The zero-order valence-electron chi connectivity index (χ0n) is 12.4. The average Bonchev–Trinajstić information content (AvgIpc) is 2.53. The quantitative estimate of drug-likeness (QED) is 0.585. The van der Waals surface area contributed by atoms with Gasteiger partial charge in [0.05, 0.1) is 16.1 Å². The van der Waals surface area contributed by atoms with Gasteiger partial charge in [-0.15, -0.1) is 18.3 Å². The summed E-state index contributed by atoms with van der Waals surface area (Å²) in [5, 5.41) is 0. The molecule has 0 bridgehead atoms. The molecule has 0 atom stereocenters. The smallest absolute Gasteiger partial charge is 0.278 e. The van der Waals surface area contributed by atoms with Gasteiger partial charge in [0.25, 0.3) is 10.0 Å². The molecule has 0 aliphatic carbocycles. The van der Waals surface area contributed by atoms with Crippen LogP contribution in [0.1, 0.15) is 5.56 Å². The van der Waals surface area contributed by atoms with Gasteiger partial charge in [0.2, 0.25) is 0 Å². The lowest BCUT2D eigenvalue weighted by atomic mass is 10.2. The number of alkyl halides is 3. The molecule has 2 aromatic rings. The van der Waals surface area contributed by atoms with Crippen LogP contribution in [0.25, 0.3) is 0 Å². The first kappa shape index (κ1) is 18.4. The van der Waals surface area contributed by atoms with E-state index in [1.165, 1.54) is 23.9 Å². The fourth-order valence-electron chi connectivity index (χ4n) is 1.96. The monoisotopic (exact) mass is 373 g/mol. The van der Waals surface area contributed by atoms with Crippen molar-refractivity contribution in [2.75, 3.05) is 10.5 Å². The molecule has 8 heteroatoms. The van der Waals surface area contributed by atoms with E-state index in [0.717, 1.165) is 18.2 Å². The normalized spacial score (nSPS) is 12.0. The largest absolute Gasteiger partial charge is 0.417 e. The lowest BCUT2D eigenvalue weighted by Crippen LogP contribution is -2.19. The van der Waals surface area contributed by atoms with Gasteiger partial charge in [0, 0.05) is 10.6 Å². The summed E-state index contributed by atoms with van der Waals surface area (Å²) in [5.41, 5.74) is -0.977. The minimum atomic E-state index is -4.76. The fraction of sp³-hybridized carbons (Fsp3) is 0.125. The summed E-state index contributed by atoms with van der Waals surface area (Å²) in [6.07, 6.45) is -3.11. The van der Waals surface area contributed by atoms with Gasteiger partial charge in [-0.05, 0) is 24.3 Å². The average molecular weight is 373 g/mol. The number of thioether (sulfide) groups is 1. The summed E-state index contributed by atoms with van der Waals surface area (Å²) in [6.45, 7) is 3.58. The Morgan fingerprint density at radius 3 is 2.38 bits per heavy atom. The Hall–Kier alpha value is -1.93. The summed E-state index contributed by atoms with van der Waals surface area (Å²) in [7, 11) is -4.38. The summed E-state index contributed by atoms with van der Waals surface area (Å²) in [4.78, 5) is -0.202. The zero-order valence-corrected chi connectivity index (χ0v) is 14.0. The van der Waals surface area contributed by atoms with Crippen LogP contribution in [0.5, 0.6) is 0 Å². The molecule has 2 aromatic carbocycles. The molecule has 128 valence electrons. The highest BCUT2D eigenvalue weighted by Gasteiger charge is 2.37. The van der Waals surface area contributed by atoms with Gasteiger partial charge in [0.15, 0.2) is 0 Å². The summed E-state index contributed by atoms with van der Waals surface area (Å²) in [5.74, 6) is 0.540. The third-order valence-corrected chi connectivity index (χ3v) is 5.46. The number of nitrogens with one attached hydrogen (secondary N) is 1. The Balaban J connectivity index is 2.43. The Kier molecular flexibility index (Phi) is 5.61. The number of sulfonamides is 1. The highest BCUT2D eigenvalue weighted by atomic mass is 32.2. The zero-order chi connectivity index (χ0) is 17.8. The molecule has 0 unspecified atom stereocenters. The van der Waals surface area contributed by atoms with Crippen LogP contribution >= 0.6 is 11.8 Å². The van der Waals surface area contributed by atoms with Gasteiger partial charge in [-0.2, -0.15) is 13.2 Å². The van der Waals surface area contributed by atoms with E-state index in [1.807, 2.05) is 0 Å². The number of benzene rings is 2. The van der Waals surface area contributed by atoms with Crippen molar-refractivity contribution in [1.82, 2.24) is 0 Å². The Morgan fingerprint density at radius 2 is 1.71 bits per heavy atom. The summed E-state index contributed by atoms with van der Waals surface area (Å²) < 4.78 is 66.3. The van der Waals surface area contributed by atoms with Crippen molar-refractivity contribution >= 4 is 27.5 Å². The molecule has 0 aliphatic rings. The Bertz CT molecular complexity index is 833. The Labute approximate surface area is 142 Å². The van der Waals surface area contributed by atoms with Crippen LogP contribution in [0.3, 0.4) is 0 Å². The molecular formula is C16H14F3NO2S2. The van der Waals surface area contributed by atoms with Crippen molar-refractivity contribution in [2.45, 2.75) is 16.0 Å². The van der Waals surface area contributed by atoms with Crippen LogP contribution in [0.2, 0.25) is 0 Å². The van der Waals surface area contributed by atoms with E-state index < -0.39 is 26.7 Å². The van der Waals surface area contributed by atoms with Gasteiger partial charge in [-0.25, -0.2) is 8.42 Å². The van der Waals surface area contributed by atoms with E-state index in [1.54, 1.807) is 24.3 Å². The standard InChI is InChI=1S/C16H14F3NO2S2/c1-2-11-23-14-9-5-4-8-13(14)20-24(21,22)15-10-6-3-7-12(15)16(17,18)19/h2-10,20H,1,11H2. The minimum Gasteiger partial charge on any atom is -0.278 e. The van der Waals surface area contributed by atoms with Crippen LogP contribution in [0.15, 0.2) is 71.0 Å². The van der Waals surface area contributed by atoms with Gasteiger partial charge in [-0.3, -0.25) is 4.72 Å². The number of hydrogen-bond acceptors (Lipinski definition) is 3. The van der Waals surface area contributed by atoms with Crippen molar-refractivity contribution in [3.8, 4) is 0 Å². The molecule has 0 saturated heterocycles. The Morgan fingerprint density at radius 1 is 1.08 bits per heavy atom. The molecule has 1 N–H and O–H groups in total. The van der Waals surface area contributed by atoms with E-state index in [-0.39, 0.29) is 5.69 Å². The van der Waals surface area contributed by atoms with Gasteiger partial charge < -0.3 is 0 Å². The van der Waals surface area contributed by atoms with Crippen LogP contribution in [0, 0.1) is 0 Å². The number of para-hydroxylation sites is 1. The van der Waals surface area contributed by atoms with Crippen molar-refractivity contribution in [3.05, 3.63) is 66.7 Å². The van der Waals surface area contributed by atoms with E-state index in [0.29, 0.717) is 10.6 Å². The fourth-order valence-corrected chi connectivity index (χ4v) is 4.08. The summed E-state index contributed by atoms with van der Waals surface area (Å²) in [6, 6.07) is 10.6. The van der Waals surface area contributed by atoms with E-state index in [4.69, 9.17) is 0 Å². The maximum atomic E-state index is 13.1. The molecule has 0 amide bonds. The number of hydrogen-bond donors (Lipinski definition) is 1. The first-order chi connectivity index (χ1) is 11.3. The first-order valence-corrected chi connectivity index (χ1v) is 9.24. The molecule has 0 aliphatic heterocycles. The van der Waals surface area contributed by atoms with E-state index in [2.05, 4.69) is 11.3 Å². The number of anilines is 1. The second-order valence-corrected chi connectivity index (χ2v) is 7.41. The van der Waals surface area contributed by atoms with E-state index in [9.17, 15) is 21.6 Å². The van der Waals surface area contributed by atoms with Gasteiger partial charge >= 0.3 is 6.18 Å². The SMILES string of the molecule is C=CCSc1ccccc1NS(=O)(=O)c1ccccc1C(F)(F)F.